The molecule has 0 aliphatic carbocycles. The maximum Gasteiger partial charge on any atom is 0.347 e. The van der Waals surface area contributed by atoms with Crippen LogP contribution in [-0.4, -0.2) is 55.6 Å². The number of benzene rings is 1. The molecule has 1 aromatic rings. The van der Waals surface area contributed by atoms with Crippen molar-refractivity contribution in [3.8, 4) is 0 Å². The SMILES string of the molecule is C=CCN(C(=O)NSc1ccccc1)C(=NC(=O)N(C)C)OC. The fourth-order valence-corrected chi connectivity index (χ4v) is 2.03. The molecule has 0 atom stereocenters. The first-order valence-corrected chi connectivity index (χ1v) is 7.55. The number of rotatable bonds is 4. The van der Waals surface area contributed by atoms with Crippen molar-refractivity contribution in [2.75, 3.05) is 27.7 Å². The molecule has 7 nitrogen and oxygen atoms in total. The first kappa shape index (κ1) is 18.6. The van der Waals surface area contributed by atoms with Crippen LogP contribution in [0.1, 0.15) is 0 Å². The minimum absolute atomic E-state index is 0.102. The van der Waals surface area contributed by atoms with Crippen LogP contribution in [0.25, 0.3) is 0 Å². The van der Waals surface area contributed by atoms with E-state index in [2.05, 4.69) is 16.3 Å². The lowest BCUT2D eigenvalue weighted by atomic mass is 10.4. The summed E-state index contributed by atoms with van der Waals surface area (Å²) in [4.78, 5) is 31.1. The molecule has 124 valence electrons. The Bertz CT molecular complexity index is 575. The van der Waals surface area contributed by atoms with Gasteiger partial charge in [-0.1, -0.05) is 24.3 Å². The van der Waals surface area contributed by atoms with Crippen LogP contribution in [0.15, 0.2) is 52.9 Å². The summed E-state index contributed by atoms with van der Waals surface area (Å²) < 4.78 is 7.74. The molecule has 8 heteroatoms. The molecule has 1 aromatic carbocycles. The second-order valence-corrected chi connectivity index (χ2v) is 5.38. The van der Waals surface area contributed by atoms with Crippen LogP contribution in [0.2, 0.25) is 0 Å². The Hall–Kier alpha value is -2.48. The van der Waals surface area contributed by atoms with E-state index >= 15 is 0 Å². The number of methoxy groups -OCH3 is 1. The van der Waals surface area contributed by atoms with Gasteiger partial charge in [0.25, 0.3) is 0 Å². The Morgan fingerprint density at radius 1 is 1.35 bits per heavy atom. The Morgan fingerprint density at radius 3 is 2.52 bits per heavy atom. The third-order valence-electron chi connectivity index (χ3n) is 2.54. The summed E-state index contributed by atoms with van der Waals surface area (Å²) in [6.07, 6.45) is 1.52. The van der Waals surface area contributed by atoms with E-state index in [-0.39, 0.29) is 12.6 Å². The number of nitrogens with one attached hydrogen (secondary N) is 1. The number of amidine groups is 1. The van der Waals surface area contributed by atoms with E-state index in [0.717, 1.165) is 16.8 Å². The standard InChI is InChI=1S/C15H20N4O3S/c1-5-11-19(15(22-4)16-13(20)18(2)3)14(21)17-23-12-9-7-6-8-10-12/h5-10H,1,11H2,2-4H3,(H,17,21). The van der Waals surface area contributed by atoms with Gasteiger partial charge >= 0.3 is 18.1 Å². The van der Waals surface area contributed by atoms with E-state index in [1.165, 1.54) is 23.0 Å². The maximum atomic E-state index is 12.3. The molecule has 0 saturated carbocycles. The van der Waals surface area contributed by atoms with E-state index in [0.29, 0.717) is 0 Å². The molecule has 0 aliphatic rings. The van der Waals surface area contributed by atoms with E-state index in [1.54, 1.807) is 14.1 Å². The zero-order chi connectivity index (χ0) is 17.2. The predicted molar refractivity (Wildman–Crippen MR) is 91.3 cm³/mol. The second kappa shape index (κ2) is 9.52. The third kappa shape index (κ3) is 6.03. The normalized spacial score (nSPS) is 10.7. The zero-order valence-corrected chi connectivity index (χ0v) is 14.2. The molecule has 0 bridgehead atoms. The third-order valence-corrected chi connectivity index (χ3v) is 3.33. The molecule has 0 radical (unpaired) electrons. The molecular weight excluding hydrogens is 316 g/mol. The van der Waals surface area contributed by atoms with Crippen molar-refractivity contribution >= 4 is 30.0 Å². The van der Waals surface area contributed by atoms with Crippen molar-refractivity contribution in [2.24, 2.45) is 4.99 Å². The van der Waals surface area contributed by atoms with Crippen molar-refractivity contribution in [3.05, 3.63) is 43.0 Å². The number of amides is 4. The molecule has 4 amide bonds. The maximum absolute atomic E-state index is 12.3. The van der Waals surface area contributed by atoms with Gasteiger partial charge in [-0.25, -0.2) is 14.5 Å². The highest BCUT2D eigenvalue weighted by atomic mass is 32.2. The summed E-state index contributed by atoms with van der Waals surface area (Å²) in [6, 6.07) is 8.26. The van der Waals surface area contributed by atoms with Gasteiger partial charge in [-0.05, 0) is 24.1 Å². The van der Waals surface area contributed by atoms with Gasteiger partial charge in [-0.2, -0.15) is 0 Å². The predicted octanol–water partition coefficient (Wildman–Crippen LogP) is 2.58. The van der Waals surface area contributed by atoms with Crippen LogP contribution in [0.3, 0.4) is 0 Å². The number of nitrogens with zero attached hydrogens (tertiary/aromatic N) is 3. The first-order chi connectivity index (χ1) is 11.0. The Morgan fingerprint density at radius 2 is 2.00 bits per heavy atom. The van der Waals surface area contributed by atoms with Crippen LogP contribution >= 0.6 is 11.9 Å². The molecule has 0 spiro atoms. The Balaban J connectivity index is 2.84. The van der Waals surface area contributed by atoms with Crippen molar-refractivity contribution < 1.29 is 14.3 Å². The lowest BCUT2D eigenvalue weighted by molar-refractivity contribution is 0.214. The molecule has 1 N–H and O–H groups in total. The minimum atomic E-state index is -0.528. The van der Waals surface area contributed by atoms with Gasteiger partial charge in [-0.15, -0.1) is 11.6 Å². The topological polar surface area (TPSA) is 74.2 Å². The summed E-state index contributed by atoms with van der Waals surface area (Å²) in [7, 11) is 4.46. The van der Waals surface area contributed by atoms with Crippen LogP contribution in [-0.2, 0) is 4.74 Å². The summed E-state index contributed by atoms with van der Waals surface area (Å²) in [5, 5.41) is 0. The number of carbonyl (C=O) groups excluding carboxylic acids is 2. The monoisotopic (exact) mass is 336 g/mol. The number of aliphatic imine (C=N–C) groups is 1. The smallest absolute Gasteiger partial charge is 0.347 e. The molecule has 0 aromatic heterocycles. The molecule has 23 heavy (non-hydrogen) atoms. The number of ether oxygens (including phenoxy) is 1. The van der Waals surface area contributed by atoms with Gasteiger partial charge in [0, 0.05) is 25.5 Å². The van der Waals surface area contributed by atoms with E-state index in [1.807, 2.05) is 30.3 Å². The van der Waals surface area contributed by atoms with Crippen LogP contribution in [0.4, 0.5) is 9.59 Å². The fourth-order valence-electron chi connectivity index (χ4n) is 1.42. The lowest BCUT2D eigenvalue weighted by Crippen LogP contribution is -2.43. The van der Waals surface area contributed by atoms with Crippen molar-refractivity contribution in [1.82, 2.24) is 14.5 Å². The van der Waals surface area contributed by atoms with Crippen molar-refractivity contribution in [3.63, 3.8) is 0 Å². The number of carbonyl (C=O) groups is 2. The van der Waals surface area contributed by atoms with Gasteiger partial charge in [0.15, 0.2) is 0 Å². The van der Waals surface area contributed by atoms with E-state index in [4.69, 9.17) is 4.74 Å². The molecule has 0 saturated heterocycles. The van der Waals surface area contributed by atoms with Crippen LogP contribution in [0, 0.1) is 0 Å². The average molecular weight is 336 g/mol. The zero-order valence-electron chi connectivity index (χ0n) is 13.4. The first-order valence-electron chi connectivity index (χ1n) is 6.73. The second-order valence-electron chi connectivity index (χ2n) is 4.50. The molecular formula is C15H20N4O3S. The molecule has 0 fully saturated rings. The largest absolute Gasteiger partial charge is 0.468 e. The van der Waals surface area contributed by atoms with Crippen molar-refractivity contribution in [1.29, 1.82) is 0 Å². The number of hydrogen-bond donors (Lipinski definition) is 1. The highest BCUT2D eigenvalue weighted by Gasteiger charge is 2.21. The van der Waals surface area contributed by atoms with Gasteiger partial charge in [0.2, 0.25) is 0 Å². The van der Waals surface area contributed by atoms with E-state index < -0.39 is 12.1 Å². The van der Waals surface area contributed by atoms with Gasteiger partial charge in [0.05, 0.1) is 7.11 Å². The van der Waals surface area contributed by atoms with Crippen molar-refractivity contribution in [2.45, 2.75) is 4.90 Å². The summed E-state index contributed by atoms with van der Waals surface area (Å²) in [5.74, 6) is 0. The van der Waals surface area contributed by atoms with Crippen LogP contribution in [0.5, 0.6) is 0 Å². The van der Waals surface area contributed by atoms with Gasteiger partial charge in [0.1, 0.15) is 0 Å². The van der Waals surface area contributed by atoms with Crippen LogP contribution < -0.4 is 4.72 Å². The quantitative estimate of drug-likeness (QED) is 0.397. The lowest BCUT2D eigenvalue weighted by Gasteiger charge is -2.21. The highest BCUT2D eigenvalue weighted by molar-refractivity contribution is 7.98. The number of hydrogen-bond acceptors (Lipinski definition) is 4. The summed E-state index contributed by atoms with van der Waals surface area (Å²) in [6.45, 7) is 3.75. The molecule has 0 aliphatic heterocycles. The Labute approximate surface area is 140 Å². The number of urea groups is 2. The van der Waals surface area contributed by atoms with E-state index in [9.17, 15) is 9.59 Å². The minimum Gasteiger partial charge on any atom is -0.468 e. The average Bonchev–Trinajstić information content (AvgIpc) is 2.56. The summed E-state index contributed by atoms with van der Waals surface area (Å²) >= 11 is 1.15. The Kier molecular flexibility index (Phi) is 7.69. The molecule has 1 rings (SSSR count). The molecule has 0 heterocycles. The molecule has 0 unspecified atom stereocenters. The van der Waals surface area contributed by atoms with Gasteiger partial charge in [-0.3, -0.25) is 4.72 Å². The van der Waals surface area contributed by atoms with Gasteiger partial charge < -0.3 is 9.64 Å². The summed E-state index contributed by atoms with van der Waals surface area (Å²) in [5.41, 5.74) is 0. The highest BCUT2D eigenvalue weighted by Crippen LogP contribution is 2.13. The fraction of sp³-hybridized carbons (Fsp3) is 0.267.